The van der Waals surface area contributed by atoms with Gasteiger partial charge in [0.05, 0.1) is 5.92 Å². The zero-order chi connectivity index (χ0) is 15.0. The topological polar surface area (TPSA) is 63.3 Å². The van der Waals surface area contributed by atoms with Crippen LogP contribution in [0.3, 0.4) is 0 Å². The van der Waals surface area contributed by atoms with Crippen LogP contribution in [-0.4, -0.2) is 16.2 Å². The van der Waals surface area contributed by atoms with E-state index in [0.29, 0.717) is 24.3 Å². The number of carboxylic acid groups (broad SMARTS) is 1. The lowest BCUT2D eigenvalue weighted by Gasteiger charge is -2.11. The van der Waals surface area contributed by atoms with Crippen molar-refractivity contribution in [3.63, 3.8) is 0 Å². The van der Waals surface area contributed by atoms with Crippen LogP contribution in [0, 0.1) is 5.92 Å². The zero-order valence-electron chi connectivity index (χ0n) is 11.7. The number of carbonyl (C=O) groups is 1. The largest absolute Gasteiger partial charge is 0.481 e. The van der Waals surface area contributed by atoms with E-state index >= 15 is 0 Å². The van der Waals surface area contributed by atoms with Crippen molar-refractivity contribution in [2.45, 2.75) is 32.1 Å². The van der Waals surface area contributed by atoms with Crippen LogP contribution < -0.4 is 0 Å². The first-order valence-corrected chi connectivity index (χ1v) is 7.41. The summed E-state index contributed by atoms with van der Waals surface area (Å²) in [4.78, 5) is 11.3. The number of benzene rings is 1. The van der Waals surface area contributed by atoms with E-state index in [0.717, 1.165) is 22.6 Å². The van der Waals surface area contributed by atoms with Gasteiger partial charge in [0.2, 0.25) is 0 Å². The molecule has 1 aromatic heterocycles. The maximum atomic E-state index is 11.3. The van der Waals surface area contributed by atoms with Gasteiger partial charge >= 0.3 is 5.97 Å². The van der Waals surface area contributed by atoms with Gasteiger partial charge in [0.1, 0.15) is 11.5 Å². The maximum absolute atomic E-state index is 11.3. The van der Waals surface area contributed by atoms with Crippen LogP contribution >= 0.6 is 11.6 Å². The highest BCUT2D eigenvalue weighted by molar-refractivity contribution is 6.30. The molecule has 1 aliphatic rings. The van der Waals surface area contributed by atoms with E-state index in [2.05, 4.69) is 5.16 Å². The predicted molar refractivity (Wildman–Crippen MR) is 79.4 cm³/mol. The standard InChI is InChI=1S/C16H16ClNO3/c1-9-8-11(16(19)20)4-7-13-14(18-21-15(9)13)10-2-5-12(17)6-3-10/h2-3,5-6,9,11H,4,7-8H2,1H3,(H,19,20). The van der Waals surface area contributed by atoms with Crippen molar-refractivity contribution in [1.29, 1.82) is 0 Å². The fourth-order valence-corrected chi connectivity index (χ4v) is 3.11. The van der Waals surface area contributed by atoms with Gasteiger partial charge in [0.15, 0.2) is 0 Å². The monoisotopic (exact) mass is 305 g/mol. The van der Waals surface area contributed by atoms with Crippen LogP contribution in [0.5, 0.6) is 0 Å². The van der Waals surface area contributed by atoms with Crippen molar-refractivity contribution in [1.82, 2.24) is 5.16 Å². The van der Waals surface area contributed by atoms with Gasteiger partial charge in [-0.1, -0.05) is 35.8 Å². The molecular formula is C16H16ClNO3. The lowest BCUT2D eigenvalue weighted by atomic mass is 9.94. The summed E-state index contributed by atoms with van der Waals surface area (Å²) in [6, 6.07) is 7.45. The molecule has 4 nitrogen and oxygen atoms in total. The molecule has 2 atom stereocenters. The Morgan fingerprint density at radius 3 is 2.76 bits per heavy atom. The second kappa shape index (κ2) is 5.53. The molecule has 0 amide bonds. The van der Waals surface area contributed by atoms with Gasteiger partial charge in [0.25, 0.3) is 0 Å². The van der Waals surface area contributed by atoms with E-state index in [1.165, 1.54) is 0 Å². The normalized spacial score (nSPS) is 21.6. The fourth-order valence-electron chi connectivity index (χ4n) is 2.98. The highest BCUT2D eigenvalue weighted by Crippen LogP contribution is 2.38. The number of fused-ring (bicyclic) bond motifs is 1. The number of carboxylic acids is 1. The van der Waals surface area contributed by atoms with Gasteiger partial charge in [0, 0.05) is 22.1 Å². The average molecular weight is 306 g/mol. The van der Waals surface area contributed by atoms with E-state index in [-0.39, 0.29) is 11.8 Å². The second-order valence-electron chi connectivity index (χ2n) is 5.59. The number of halogens is 1. The van der Waals surface area contributed by atoms with Crippen LogP contribution in [0.1, 0.15) is 37.0 Å². The van der Waals surface area contributed by atoms with Crippen molar-refractivity contribution in [2.24, 2.45) is 5.92 Å². The number of rotatable bonds is 2. The van der Waals surface area contributed by atoms with E-state index in [9.17, 15) is 9.90 Å². The summed E-state index contributed by atoms with van der Waals surface area (Å²) < 4.78 is 5.52. The van der Waals surface area contributed by atoms with Crippen LogP contribution in [0.2, 0.25) is 5.02 Å². The molecule has 2 unspecified atom stereocenters. The molecular weight excluding hydrogens is 290 g/mol. The predicted octanol–water partition coefficient (Wildman–Crippen LogP) is 4.14. The SMILES string of the molecule is CC1CC(C(=O)O)CCc2c(-c3ccc(Cl)cc3)noc21. The minimum Gasteiger partial charge on any atom is -0.481 e. The molecule has 0 aliphatic heterocycles. The Morgan fingerprint density at radius 1 is 1.38 bits per heavy atom. The number of aromatic nitrogens is 1. The zero-order valence-corrected chi connectivity index (χ0v) is 12.4. The smallest absolute Gasteiger partial charge is 0.306 e. The molecule has 0 radical (unpaired) electrons. The first-order chi connectivity index (χ1) is 10.1. The van der Waals surface area contributed by atoms with Gasteiger partial charge in [-0.2, -0.15) is 0 Å². The minimum absolute atomic E-state index is 0.0668. The lowest BCUT2D eigenvalue weighted by molar-refractivity contribution is -0.142. The Bertz CT molecular complexity index is 663. The van der Waals surface area contributed by atoms with Crippen molar-refractivity contribution < 1.29 is 14.4 Å². The minimum atomic E-state index is -0.729. The third-order valence-electron chi connectivity index (χ3n) is 4.11. The van der Waals surface area contributed by atoms with Crippen molar-refractivity contribution in [3.8, 4) is 11.3 Å². The van der Waals surface area contributed by atoms with E-state index in [1.54, 1.807) is 0 Å². The first kappa shape index (κ1) is 14.1. The van der Waals surface area contributed by atoms with E-state index in [1.807, 2.05) is 31.2 Å². The highest BCUT2D eigenvalue weighted by atomic mass is 35.5. The Hall–Kier alpha value is -1.81. The molecule has 21 heavy (non-hydrogen) atoms. The Kier molecular flexibility index (Phi) is 3.72. The number of aliphatic carboxylic acids is 1. The lowest BCUT2D eigenvalue weighted by Crippen LogP contribution is -2.14. The summed E-state index contributed by atoms with van der Waals surface area (Å²) >= 11 is 5.91. The van der Waals surface area contributed by atoms with E-state index < -0.39 is 5.97 Å². The summed E-state index contributed by atoms with van der Waals surface area (Å²) in [5.74, 6) is -0.158. The molecule has 1 aromatic carbocycles. The maximum Gasteiger partial charge on any atom is 0.306 e. The molecule has 0 spiro atoms. The Labute approximate surface area is 127 Å². The Morgan fingerprint density at radius 2 is 2.10 bits per heavy atom. The highest BCUT2D eigenvalue weighted by Gasteiger charge is 2.31. The summed E-state index contributed by atoms with van der Waals surface area (Å²) in [6.07, 6.45) is 1.89. The van der Waals surface area contributed by atoms with Gasteiger partial charge < -0.3 is 9.63 Å². The van der Waals surface area contributed by atoms with Crippen molar-refractivity contribution >= 4 is 17.6 Å². The van der Waals surface area contributed by atoms with Crippen LogP contribution in [-0.2, 0) is 11.2 Å². The number of nitrogens with zero attached hydrogens (tertiary/aromatic N) is 1. The number of hydrogen-bond donors (Lipinski definition) is 1. The van der Waals surface area contributed by atoms with Gasteiger partial charge in [-0.25, -0.2) is 0 Å². The van der Waals surface area contributed by atoms with Gasteiger partial charge in [-0.05, 0) is 31.4 Å². The second-order valence-corrected chi connectivity index (χ2v) is 6.03. The molecule has 0 fully saturated rings. The first-order valence-electron chi connectivity index (χ1n) is 7.03. The molecule has 3 rings (SSSR count). The van der Waals surface area contributed by atoms with Crippen LogP contribution in [0.4, 0.5) is 0 Å². The average Bonchev–Trinajstić information content (AvgIpc) is 2.80. The number of hydrogen-bond acceptors (Lipinski definition) is 3. The summed E-state index contributed by atoms with van der Waals surface area (Å²) in [5, 5.41) is 14.1. The summed E-state index contributed by atoms with van der Waals surface area (Å²) in [6.45, 7) is 2.00. The molecule has 0 bridgehead atoms. The van der Waals surface area contributed by atoms with Crippen molar-refractivity contribution in [2.75, 3.05) is 0 Å². The third kappa shape index (κ3) is 2.68. The van der Waals surface area contributed by atoms with Gasteiger partial charge in [-0.15, -0.1) is 0 Å². The van der Waals surface area contributed by atoms with Crippen LogP contribution in [0.15, 0.2) is 28.8 Å². The summed E-state index contributed by atoms with van der Waals surface area (Å²) in [7, 11) is 0. The molecule has 0 saturated carbocycles. The Balaban J connectivity index is 1.98. The summed E-state index contributed by atoms with van der Waals surface area (Å²) in [5.41, 5.74) is 2.79. The molecule has 2 aromatic rings. The molecule has 1 N–H and O–H groups in total. The third-order valence-corrected chi connectivity index (χ3v) is 4.37. The molecule has 0 saturated heterocycles. The molecule has 110 valence electrons. The molecule has 1 heterocycles. The van der Waals surface area contributed by atoms with Crippen LogP contribution in [0.25, 0.3) is 11.3 Å². The molecule has 5 heteroatoms. The van der Waals surface area contributed by atoms with Gasteiger partial charge in [-0.3, -0.25) is 4.79 Å². The van der Waals surface area contributed by atoms with Crippen molar-refractivity contribution in [3.05, 3.63) is 40.6 Å². The fraction of sp³-hybridized carbons (Fsp3) is 0.375. The molecule has 1 aliphatic carbocycles. The quantitative estimate of drug-likeness (QED) is 0.847. The van der Waals surface area contributed by atoms with E-state index in [4.69, 9.17) is 16.1 Å².